The third-order valence-electron chi connectivity index (χ3n) is 3.04. The second-order valence-corrected chi connectivity index (χ2v) is 4.94. The number of nitrogens with one attached hydrogen (secondary N) is 1. The van der Waals surface area contributed by atoms with Gasteiger partial charge in [0.2, 0.25) is 5.88 Å². The average Bonchev–Trinajstić information content (AvgIpc) is 2.45. The zero-order valence-corrected chi connectivity index (χ0v) is 12.9. The van der Waals surface area contributed by atoms with Crippen LogP contribution in [0.25, 0.3) is 0 Å². The molecule has 0 fully saturated rings. The summed E-state index contributed by atoms with van der Waals surface area (Å²) in [5.74, 6) is 2.83. The molecule has 1 aromatic carbocycles. The SMILES string of the molecule is CCc1nc(NC)c(C)c(Oc2ccc(Cl)c(C)c2)n1. The molecule has 0 radical (unpaired) electrons. The summed E-state index contributed by atoms with van der Waals surface area (Å²) in [6.45, 7) is 5.89. The van der Waals surface area contributed by atoms with E-state index in [1.165, 1.54) is 0 Å². The van der Waals surface area contributed by atoms with Crippen molar-refractivity contribution in [1.29, 1.82) is 0 Å². The van der Waals surface area contributed by atoms with Crippen molar-refractivity contribution < 1.29 is 4.74 Å². The maximum Gasteiger partial charge on any atom is 0.227 e. The van der Waals surface area contributed by atoms with Gasteiger partial charge in [-0.1, -0.05) is 18.5 Å². The summed E-state index contributed by atoms with van der Waals surface area (Å²) in [4.78, 5) is 8.86. The zero-order valence-electron chi connectivity index (χ0n) is 12.1. The Morgan fingerprint density at radius 1 is 1.25 bits per heavy atom. The molecule has 0 atom stereocenters. The highest BCUT2D eigenvalue weighted by molar-refractivity contribution is 6.31. The lowest BCUT2D eigenvalue weighted by molar-refractivity contribution is 0.455. The Balaban J connectivity index is 2.39. The quantitative estimate of drug-likeness (QED) is 0.919. The highest BCUT2D eigenvalue weighted by atomic mass is 35.5. The van der Waals surface area contributed by atoms with E-state index in [4.69, 9.17) is 16.3 Å². The molecule has 0 aliphatic rings. The summed E-state index contributed by atoms with van der Waals surface area (Å²) >= 11 is 6.02. The minimum absolute atomic E-state index is 0.572. The summed E-state index contributed by atoms with van der Waals surface area (Å²) in [6.07, 6.45) is 0.755. The first-order valence-corrected chi connectivity index (χ1v) is 6.92. The van der Waals surface area contributed by atoms with Crippen LogP contribution in [0.3, 0.4) is 0 Å². The van der Waals surface area contributed by atoms with E-state index in [0.717, 1.165) is 40.0 Å². The van der Waals surface area contributed by atoms with Gasteiger partial charge in [0.1, 0.15) is 17.4 Å². The van der Waals surface area contributed by atoms with Crippen LogP contribution in [0, 0.1) is 13.8 Å². The van der Waals surface area contributed by atoms with Crippen LogP contribution in [-0.2, 0) is 6.42 Å². The summed E-state index contributed by atoms with van der Waals surface area (Å²) in [6, 6.07) is 5.55. The zero-order chi connectivity index (χ0) is 14.7. The molecule has 0 spiro atoms. The van der Waals surface area contributed by atoms with Gasteiger partial charge in [0.15, 0.2) is 0 Å². The molecule has 0 saturated carbocycles. The van der Waals surface area contributed by atoms with E-state index in [1.54, 1.807) is 0 Å². The first kappa shape index (κ1) is 14.6. The van der Waals surface area contributed by atoms with Crippen LogP contribution >= 0.6 is 11.6 Å². The smallest absolute Gasteiger partial charge is 0.227 e. The van der Waals surface area contributed by atoms with E-state index in [2.05, 4.69) is 15.3 Å². The molecule has 0 saturated heterocycles. The monoisotopic (exact) mass is 291 g/mol. The lowest BCUT2D eigenvalue weighted by Gasteiger charge is -2.13. The summed E-state index contributed by atoms with van der Waals surface area (Å²) in [5, 5.41) is 3.79. The fourth-order valence-corrected chi connectivity index (χ4v) is 1.95. The minimum atomic E-state index is 0.572. The number of ether oxygens (including phenoxy) is 1. The lowest BCUT2D eigenvalue weighted by atomic mass is 10.2. The Labute approximate surface area is 124 Å². The van der Waals surface area contributed by atoms with E-state index in [0.29, 0.717) is 5.88 Å². The molecule has 0 bridgehead atoms. The molecule has 2 aromatic rings. The van der Waals surface area contributed by atoms with E-state index in [-0.39, 0.29) is 0 Å². The van der Waals surface area contributed by atoms with E-state index in [1.807, 2.05) is 46.0 Å². The van der Waals surface area contributed by atoms with Crippen LogP contribution in [0.2, 0.25) is 5.02 Å². The standard InChI is InChI=1S/C15H18ClN3O/c1-5-13-18-14(17-4)10(3)15(19-13)20-11-6-7-12(16)9(2)8-11/h6-8H,5H2,1-4H3,(H,17,18,19). The van der Waals surface area contributed by atoms with Gasteiger partial charge in [0.05, 0.1) is 5.56 Å². The molecule has 0 aliphatic carbocycles. The number of aryl methyl sites for hydroxylation is 2. The lowest BCUT2D eigenvalue weighted by Crippen LogP contribution is -2.04. The van der Waals surface area contributed by atoms with Gasteiger partial charge in [-0.25, -0.2) is 4.98 Å². The molecule has 1 heterocycles. The number of nitrogens with zero attached hydrogens (tertiary/aromatic N) is 2. The number of hydrogen-bond acceptors (Lipinski definition) is 4. The van der Waals surface area contributed by atoms with Crippen LogP contribution in [0.1, 0.15) is 23.9 Å². The highest BCUT2D eigenvalue weighted by Gasteiger charge is 2.11. The van der Waals surface area contributed by atoms with Gasteiger partial charge in [0.25, 0.3) is 0 Å². The van der Waals surface area contributed by atoms with Gasteiger partial charge in [0, 0.05) is 18.5 Å². The third-order valence-corrected chi connectivity index (χ3v) is 3.47. The third kappa shape index (κ3) is 3.02. The summed E-state index contributed by atoms with van der Waals surface area (Å²) < 4.78 is 5.88. The average molecular weight is 292 g/mol. The molecule has 20 heavy (non-hydrogen) atoms. The largest absolute Gasteiger partial charge is 0.439 e. The summed E-state index contributed by atoms with van der Waals surface area (Å²) in [5.41, 5.74) is 1.86. The van der Waals surface area contributed by atoms with Gasteiger partial charge in [-0.05, 0) is 37.6 Å². The summed E-state index contributed by atoms with van der Waals surface area (Å²) in [7, 11) is 1.84. The topological polar surface area (TPSA) is 47.0 Å². The van der Waals surface area contributed by atoms with Crippen molar-refractivity contribution >= 4 is 17.4 Å². The fraction of sp³-hybridized carbons (Fsp3) is 0.333. The minimum Gasteiger partial charge on any atom is -0.439 e. The van der Waals surface area contributed by atoms with Crippen LogP contribution in [0.4, 0.5) is 5.82 Å². The Hall–Kier alpha value is -1.81. The van der Waals surface area contributed by atoms with Crippen molar-refractivity contribution in [2.75, 3.05) is 12.4 Å². The van der Waals surface area contributed by atoms with Crippen molar-refractivity contribution in [2.24, 2.45) is 0 Å². The first-order chi connectivity index (χ1) is 9.55. The van der Waals surface area contributed by atoms with Crippen molar-refractivity contribution in [1.82, 2.24) is 9.97 Å². The number of anilines is 1. The van der Waals surface area contributed by atoms with Gasteiger partial charge in [-0.2, -0.15) is 4.98 Å². The highest BCUT2D eigenvalue weighted by Crippen LogP contribution is 2.29. The van der Waals surface area contributed by atoms with E-state index in [9.17, 15) is 0 Å². The second kappa shape index (κ2) is 6.09. The van der Waals surface area contributed by atoms with Crippen LogP contribution < -0.4 is 10.1 Å². The van der Waals surface area contributed by atoms with Crippen molar-refractivity contribution in [3.05, 3.63) is 40.2 Å². The van der Waals surface area contributed by atoms with Crippen molar-refractivity contribution in [3.8, 4) is 11.6 Å². The molecule has 4 nitrogen and oxygen atoms in total. The molecule has 1 aromatic heterocycles. The molecule has 106 valence electrons. The first-order valence-electron chi connectivity index (χ1n) is 6.54. The Kier molecular flexibility index (Phi) is 4.45. The Morgan fingerprint density at radius 2 is 2.00 bits per heavy atom. The predicted molar refractivity (Wildman–Crippen MR) is 82.0 cm³/mol. The van der Waals surface area contributed by atoms with Gasteiger partial charge < -0.3 is 10.1 Å². The Morgan fingerprint density at radius 3 is 2.60 bits per heavy atom. The number of aromatic nitrogens is 2. The molecular weight excluding hydrogens is 274 g/mol. The number of rotatable bonds is 4. The normalized spacial score (nSPS) is 10.4. The molecular formula is C15H18ClN3O. The van der Waals surface area contributed by atoms with Crippen molar-refractivity contribution in [3.63, 3.8) is 0 Å². The van der Waals surface area contributed by atoms with Gasteiger partial charge >= 0.3 is 0 Å². The fourth-order valence-electron chi connectivity index (χ4n) is 1.83. The molecule has 0 unspecified atom stereocenters. The number of hydrogen-bond donors (Lipinski definition) is 1. The maximum absolute atomic E-state index is 6.02. The van der Waals surface area contributed by atoms with Crippen LogP contribution in [0.15, 0.2) is 18.2 Å². The maximum atomic E-state index is 6.02. The van der Waals surface area contributed by atoms with Crippen molar-refractivity contribution in [2.45, 2.75) is 27.2 Å². The van der Waals surface area contributed by atoms with E-state index >= 15 is 0 Å². The molecule has 2 rings (SSSR count). The number of benzene rings is 1. The Bertz CT molecular complexity index is 629. The van der Waals surface area contributed by atoms with Gasteiger partial charge in [-0.3, -0.25) is 0 Å². The van der Waals surface area contributed by atoms with Gasteiger partial charge in [-0.15, -0.1) is 0 Å². The molecule has 0 amide bonds. The van der Waals surface area contributed by atoms with Crippen LogP contribution in [-0.4, -0.2) is 17.0 Å². The molecule has 0 aliphatic heterocycles. The number of halogens is 1. The second-order valence-electron chi connectivity index (χ2n) is 4.54. The predicted octanol–water partition coefficient (Wildman–Crippen LogP) is 4.14. The van der Waals surface area contributed by atoms with E-state index < -0.39 is 0 Å². The molecule has 1 N–H and O–H groups in total. The molecule has 5 heteroatoms. The van der Waals surface area contributed by atoms with Crippen LogP contribution in [0.5, 0.6) is 11.6 Å².